The van der Waals surface area contributed by atoms with E-state index < -0.39 is 23.6 Å². The van der Waals surface area contributed by atoms with Crippen LogP contribution in [-0.4, -0.2) is 11.1 Å². The zero-order valence-electron chi connectivity index (χ0n) is 12.2. The Morgan fingerprint density at radius 1 is 1.17 bits per heavy atom. The maximum atomic E-state index is 13.4. The summed E-state index contributed by atoms with van der Waals surface area (Å²) in [5.74, 6) is -1.86. The highest BCUT2D eigenvalue weighted by molar-refractivity contribution is 9.10. The van der Waals surface area contributed by atoms with Gasteiger partial charge in [0.25, 0.3) is 0 Å². The van der Waals surface area contributed by atoms with Gasteiger partial charge in [0, 0.05) is 14.3 Å². The first-order chi connectivity index (χ1) is 11.3. The van der Waals surface area contributed by atoms with E-state index in [-0.39, 0.29) is 10.8 Å². The van der Waals surface area contributed by atoms with Crippen molar-refractivity contribution in [3.63, 3.8) is 0 Å². The van der Waals surface area contributed by atoms with Crippen LogP contribution < -0.4 is 0 Å². The predicted octanol–water partition coefficient (Wildman–Crippen LogP) is 5.81. The average Bonchev–Trinajstić information content (AvgIpc) is 3.29. The number of carbonyl (C=O) groups is 1. The number of hydrogen-bond acceptors (Lipinski definition) is 2. The molecule has 2 aromatic rings. The fourth-order valence-electron chi connectivity index (χ4n) is 2.57. The second-order valence-corrected chi connectivity index (χ2v) is 7.51. The Hall–Kier alpha value is -1.47. The van der Waals surface area contributed by atoms with Crippen LogP contribution in [0.4, 0.5) is 13.2 Å². The fraction of sp³-hybridized carbons (Fsp3) is 0.235. The first-order valence-electron chi connectivity index (χ1n) is 7.13. The van der Waals surface area contributed by atoms with Crippen molar-refractivity contribution in [1.82, 2.24) is 0 Å². The Morgan fingerprint density at radius 2 is 1.88 bits per heavy atom. The molecule has 3 rings (SSSR count). The van der Waals surface area contributed by atoms with Crippen LogP contribution in [0.15, 0.2) is 56.7 Å². The summed E-state index contributed by atoms with van der Waals surface area (Å²) in [7, 11) is 0. The van der Waals surface area contributed by atoms with Crippen molar-refractivity contribution in [3.05, 3.63) is 58.1 Å². The zero-order chi connectivity index (χ0) is 17.5. The highest BCUT2D eigenvalue weighted by Gasteiger charge is 2.45. The van der Waals surface area contributed by atoms with Crippen molar-refractivity contribution in [2.75, 3.05) is 0 Å². The van der Waals surface area contributed by atoms with E-state index in [0.717, 1.165) is 22.3 Å². The summed E-state index contributed by atoms with van der Waals surface area (Å²) in [4.78, 5) is 11.7. The molecule has 2 nitrogen and oxygen atoms in total. The second kappa shape index (κ2) is 6.44. The molecule has 0 aliphatic heterocycles. The van der Waals surface area contributed by atoms with Gasteiger partial charge in [-0.05, 0) is 58.1 Å². The molecule has 0 heterocycles. The van der Waals surface area contributed by atoms with Gasteiger partial charge in [0.1, 0.15) is 0 Å². The monoisotopic (exact) mass is 416 g/mol. The molecule has 1 fully saturated rings. The van der Waals surface area contributed by atoms with E-state index in [2.05, 4.69) is 15.9 Å². The molecule has 0 amide bonds. The van der Waals surface area contributed by atoms with Gasteiger partial charge in [-0.1, -0.05) is 30.0 Å². The molecule has 2 aromatic carbocycles. The standard InChI is InChI=1S/C17H12BrF3O2S/c18-13-3-1-2-4-15(13)24-14-6-5-9(7-12(14)17(19,20)21)10-8-11(10)16(22)23/h1-7,10-11H,8H2,(H,22,23). The topological polar surface area (TPSA) is 37.3 Å². The molecule has 2 unspecified atom stereocenters. The van der Waals surface area contributed by atoms with E-state index in [1.165, 1.54) is 6.07 Å². The number of carboxylic acid groups (broad SMARTS) is 1. The molecule has 0 saturated heterocycles. The fourth-order valence-corrected chi connectivity index (χ4v) is 4.07. The maximum absolute atomic E-state index is 13.4. The molecule has 1 N–H and O–H groups in total. The Bertz CT molecular complexity index is 792. The number of benzene rings is 2. The van der Waals surface area contributed by atoms with Crippen molar-refractivity contribution < 1.29 is 23.1 Å². The van der Waals surface area contributed by atoms with Gasteiger partial charge in [-0.3, -0.25) is 4.79 Å². The molecular weight excluding hydrogens is 405 g/mol. The minimum absolute atomic E-state index is 0.102. The zero-order valence-corrected chi connectivity index (χ0v) is 14.6. The third kappa shape index (κ3) is 3.62. The highest BCUT2D eigenvalue weighted by atomic mass is 79.9. The lowest BCUT2D eigenvalue weighted by atomic mass is 10.1. The summed E-state index contributed by atoms with van der Waals surface area (Å²) < 4.78 is 41.0. The molecular formula is C17H12BrF3O2S. The van der Waals surface area contributed by atoms with Gasteiger partial charge >= 0.3 is 12.1 Å². The highest BCUT2D eigenvalue weighted by Crippen LogP contribution is 2.50. The molecule has 0 spiro atoms. The largest absolute Gasteiger partial charge is 0.481 e. The molecule has 2 atom stereocenters. The van der Waals surface area contributed by atoms with Crippen LogP contribution in [0, 0.1) is 5.92 Å². The van der Waals surface area contributed by atoms with Crippen LogP contribution in [0.1, 0.15) is 23.5 Å². The molecule has 0 bridgehead atoms. The van der Waals surface area contributed by atoms with E-state index in [1.807, 2.05) is 0 Å². The van der Waals surface area contributed by atoms with E-state index in [1.54, 1.807) is 30.3 Å². The summed E-state index contributed by atoms with van der Waals surface area (Å²) >= 11 is 4.37. The van der Waals surface area contributed by atoms with Crippen LogP contribution in [0.3, 0.4) is 0 Å². The lowest BCUT2D eigenvalue weighted by molar-refractivity contribution is -0.140. The van der Waals surface area contributed by atoms with Gasteiger partial charge in [0.2, 0.25) is 0 Å². The number of rotatable bonds is 4. The SMILES string of the molecule is O=C(O)C1CC1c1ccc(Sc2ccccc2Br)c(C(F)(F)F)c1. The Morgan fingerprint density at radius 3 is 2.46 bits per heavy atom. The van der Waals surface area contributed by atoms with E-state index in [4.69, 9.17) is 5.11 Å². The number of halogens is 4. The Kier molecular flexibility index (Phi) is 4.66. The van der Waals surface area contributed by atoms with Crippen molar-refractivity contribution in [2.24, 2.45) is 5.92 Å². The molecule has 1 aliphatic carbocycles. The number of aliphatic carboxylic acids is 1. The van der Waals surface area contributed by atoms with Gasteiger partial charge < -0.3 is 5.11 Å². The van der Waals surface area contributed by atoms with Gasteiger partial charge in [-0.25, -0.2) is 0 Å². The Balaban J connectivity index is 1.95. The smallest absolute Gasteiger partial charge is 0.417 e. The van der Waals surface area contributed by atoms with Gasteiger partial charge in [0.05, 0.1) is 11.5 Å². The first kappa shape index (κ1) is 17.4. The number of alkyl halides is 3. The minimum atomic E-state index is -4.49. The summed E-state index contributed by atoms with van der Waals surface area (Å²) in [6.45, 7) is 0. The van der Waals surface area contributed by atoms with E-state index in [9.17, 15) is 18.0 Å². The normalized spacial score (nSPS) is 20.0. The minimum Gasteiger partial charge on any atom is -0.481 e. The lowest BCUT2D eigenvalue weighted by Gasteiger charge is -2.15. The molecule has 1 saturated carbocycles. The summed E-state index contributed by atoms with van der Waals surface area (Å²) in [5, 5.41) is 8.96. The molecule has 0 radical (unpaired) electrons. The van der Waals surface area contributed by atoms with Crippen molar-refractivity contribution in [2.45, 2.75) is 28.3 Å². The molecule has 24 heavy (non-hydrogen) atoms. The van der Waals surface area contributed by atoms with Gasteiger partial charge in [-0.2, -0.15) is 13.2 Å². The third-order valence-corrected chi connectivity index (χ3v) is 6.01. The van der Waals surface area contributed by atoms with Crippen LogP contribution in [-0.2, 0) is 11.0 Å². The molecule has 0 aromatic heterocycles. The van der Waals surface area contributed by atoms with Gasteiger partial charge in [-0.15, -0.1) is 0 Å². The summed E-state index contributed by atoms with van der Waals surface area (Å²) in [6.07, 6.45) is -4.10. The second-order valence-electron chi connectivity index (χ2n) is 5.57. The van der Waals surface area contributed by atoms with Gasteiger partial charge in [0.15, 0.2) is 0 Å². The third-order valence-electron chi connectivity index (χ3n) is 3.90. The van der Waals surface area contributed by atoms with Crippen molar-refractivity contribution >= 4 is 33.7 Å². The Labute approximate surface area is 149 Å². The van der Waals surface area contributed by atoms with Crippen LogP contribution in [0.2, 0.25) is 0 Å². The van der Waals surface area contributed by atoms with Crippen molar-refractivity contribution in [3.8, 4) is 0 Å². The maximum Gasteiger partial charge on any atom is 0.417 e. The number of carboxylic acids is 1. The van der Waals surface area contributed by atoms with Crippen LogP contribution in [0.25, 0.3) is 0 Å². The molecule has 126 valence electrons. The first-order valence-corrected chi connectivity index (χ1v) is 8.74. The summed E-state index contributed by atoms with van der Waals surface area (Å²) in [5.41, 5.74) is -0.289. The van der Waals surface area contributed by atoms with E-state index >= 15 is 0 Å². The lowest BCUT2D eigenvalue weighted by Crippen LogP contribution is -2.08. The molecule has 1 aliphatic rings. The average molecular weight is 417 g/mol. The quantitative estimate of drug-likeness (QED) is 0.683. The van der Waals surface area contributed by atoms with Crippen LogP contribution >= 0.6 is 27.7 Å². The van der Waals surface area contributed by atoms with E-state index in [0.29, 0.717) is 16.9 Å². The van der Waals surface area contributed by atoms with Crippen LogP contribution in [0.5, 0.6) is 0 Å². The molecule has 7 heteroatoms. The number of hydrogen-bond donors (Lipinski definition) is 1. The summed E-state index contributed by atoms with van der Waals surface area (Å²) in [6, 6.07) is 11.2. The predicted molar refractivity (Wildman–Crippen MR) is 88.2 cm³/mol. The van der Waals surface area contributed by atoms with Crippen molar-refractivity contribution in [1.29, 1.82) is 0 Å².